The molecular formula is C21H34N6O5. The third kappa shape index (κ3) is 9.21. The number of phenolic OH excluding ortho intramolecular Hbond substituents is 1. The van der Waals surface area contributed by atoms with E-state index >= 15 is 0 Å². The quantitative estimate of drug-likeness (QED) is 0.117. The van der Waals surface area contributed by atoms with Gasteiger partial charge in [0.05, 0.1) is 6.04 Å². The van der Waals surface area contributed by atoms with E-state index in [-0.39, 0.29) is 24.0 Å². The van der Waals surface area contributed by atoms with Gasteiger partial charge >= 0.3 is 5.97 Å². The molecule has 0 heterocycles. The number of amides is 2. The molecule has 0 radical (unpaired) electrons. The molecule has 10 N–H and O–H groups in total. The molecule has 1 aromatic rings. The molecule has 0 unspecified atom stereocenters. The summed E-state index contributed by atoms with van der Waals surface area (Å²) in [5.74, 6) is -2.64. The minimum Gasteiger partial charge on any atom is -0.508 e. The molecule has 1 aromatic carbocycles. The number of carbonyl (C=O) groups excluding carboxylic acids is 2. The van der Waals surface area contributed by atoms with E-state index in [2.05, 4.69) is 15.6 Å². The maximum atomic E-state index is 12.9. The van der Waals surface area contributed by atoms with Crippen LogP contribution < -0.4 is 27.8 Å². The standard InChI is InChI=1S/C21H34N6O5/c1-3-12(2)17(20(31)32)27-19(30)16(11-13-6-8-14(28)9-7-13)26-18(29)15(22)5-4-10-25-21(23)24/h6-9,12,15-17,28H,3-5,10-11,22H2,1-2H3,(H,26,29)(H,27,30)(H,31,32)(H4,23,24,25)/t12-,15-,16-,17-/m0/s1. The Morgan fingerprint density at radius 3 is 2.25 bits per heavy atom. The predicted octanol–water partition coefficient (Wildman–Crippen LogP) is -0.584. The van der Waals surface area contributed by atoms with Gasteiger partial charge in [0.25, 0.3) is 0 Å². The molecule has 0 aliphatic rings. The second-order valence-corrected chi connectivity index (χ2v) is 7.70. The van der Waals surface area contributed by atoms with Gasteiger partial charge < -0.3 is 38.0 Å². The molecular weight excluding hydrogens is 416 g/mol. The number of hydrogen-bond acceptors (Lipinski definition) is 6. The topological polar surface area (TPSA) is 206 Å². The molecule has 4 atom stereocenters. The molecule has 0 bridgehead atoms. The van der Waals surface area contributed by atoms with Crippen LogP contribution in [0.5, 0.6) is 5.75 Å². The third-order valence-corrected chi connectivity index (χ3v) is 5.09. The lowest BCUT2D eigenvalue weighted by atomic mass is 9.98. The Labute approximate surface area is 187 Å². The van der Waals surface area contributed by atoms with Crippen molar-refractivity contribution < 1.29 is 24.6 Å². The zero-order valence-corrected chi connectivity index (χ0v) is 18.5. The van der Waals surface area contributed by atoms with Crippen molar-refractivity contribution in [1.82, 2.24) is 10.6 Å². The summed E-state index contributed by atoms with van der Waals surface area (Å²) in [4.78, 5) is 40.9. The smallest absolute Gasteiger partial charge is 0.326 e. The minimum absolute atomic E-state index is 0.0528. The molecule has 11 nitrogen and oxygen atoms in total. The molecule has 0 aromatic heterocycles. The van der Waals surface area contributed by atoms with Gasteiger partial charge in [0.1, 0.15) is 17.8 Å². The number of nitrogens with zero attached hydrogens (tertiary/aromatic N) is 1. The lowest BCUT2D eigenvalue weighted by molar-refractivity contribution is -0.143. The van der Waals surface area contributed by atoms with Crippen LogP contribution in [-0.4, -0.2) is 58.6 Å². The van der Waals surface area contributed by atoms with Crippen molar-refractivity contribution in [2.45, 2.75) is 57.7 Å². The highest BCUT2D eigenvalue weighted by Crippen LogP contribution is 2.13. The third-order valence-electron chi connectivity index (χ3n) is 5.09. The number of aliphatic carboxylic acids is 1. The molecule has 11 heteroatoms. The molecule has 0 saturated carbocycles. The number of guanidine groups is 1. The van der Waals surface area contributed by atoms with Gasteiger partial charge in [0.2, 0.25) is 11.8 Å². The molecule has 0 fully saturated rings. The number of hydrogen-bond donors (Lipinski definition) is 7. The van der Waals surface area contributed by atoms with E-state index in [9.17, 15) is 24.6 Å². The van der Waals surface area contributed by atoms with Crippen LogP contribution in [0, 0.1) is 5.92 Å². The van der Waals surface area contributed by atoms with Crippen molar-refractivity contribution in [2.75, 3.05) is 6.54 Å². The molecule has 0 saturated heterocycles. The van der Waals surface area contributed by atoms with E-state index in [0.29, 0.717) is 31.4 Å². The van der Waals surface area contributed by atoms with E-state index in [1.807, 2.05) is 6.92 Å². The number of phenols is 1. The van der Waals surface area contributed by atoms with Crippen molar-refractivity contribution in [2.24, 2.45) is 28.1 Å². The molecule has 0 aliphatic heterocycles. The normalized spacial score (nSPS) is 14.5. The van der Waals surface area contributed by atoms with Crippen LogP contribution in [0.3, 0.4) is 0 Å². The first kappa shape index (κ1) is 26.7. The van der Waals surface area contributed by atoms with Gasteiger partial charge in [-0.1, -0.05) is 32.4 Å². The monoisotopic (exact) mass is 450 g/mol. The lowest BCUT2D eigenvalue weighted by Crippen LogP contribution is -2.56. The molecule has 32 heavy (non-hydrogen) atoms. The number of carboxylic acid groups (broad SMARTS) is 1. The molecule has 1 rings (SSSR count). The zero-order chi connectivity index (χ0) is 24.3. The fraction of sp³-hybridized carbons (Fsp3) is 0.524. The fourth-order valence-corrected chi connectivity index (χ4v) is 2.94. The molecule has 2 amide bonds. The van der Waals surface area contributed by atoms with Gasteiger partial charge in [0, 0.05) is 13.0 Å². The summed E-state index contributed by atoms with van der Waals surface area (Å²) in [5.41, 5.74) is 17.1. The molecule has 0 aliphatic carbocycles. The summed E-state index contributed by atoms with van der Waals surface area (Å²) in [7, 11) is 0. The first-order chi connectivity index (χ1) is 15.0. The number of nitrogens with two attached hydrogens (primary N) is 3. The van der Waals surface area contributed by atoms with Crippen LogP contribution in [0.15, 0.2) is 29.3 Å². The Kier molecular flexibility index (Phi) is 11.0. The second-order valence-electron chi connectivity index (χ2n) is 7.70. The summed E-state index contributed by atoms with van der Waals surface area (Å²) in [6.07, 6.45) is 1.40. The number of aromatic hydroxyl groups is 1. The van der Waals surface area contributed by atoms with Crippen LogP contribution >= 0.6 is 0 Å². The zero-order valence-electron chi connectivity index (χ0n) is 18.5. The van der Waals surface area contributed by atoms with Crippen LogP contribution in [-0.2, 0) is 20.8 Å². The van der Waals surface area contributed by atoms with Gasteiger partial charge in [-0.15, -0.1) is 0 Å². The van der Waals surface area contributed by atoms with E-state index in [1.54, 1.807) is 19.1 Å². The summed E-state index contributed by atoms with van der Waals surface area (Å²) in [6, 6.07) is 3.09. The summed E-state index contributed by atoms with van der Waals surface area (Å²) < 4.78 is 0. The Morgan fingerprint density at radius 1 is 1.09 bits per heavy atom. The summed E-state index contributed by atoms with van der Waals surface area (Å²) >= 11 is 0. The average Bonchev–Trinajstić information content (AvgIpc) is 2.74. The number of rotatable bonds is 13. The van der Waals surface area contributed by atoms with Gasteiger partial charge in [-0.2, -0.15) is 0 Å². The van der Waals surface area contributed by atoms with E-state index in [1.165, 1.54) is 12.1 Å². The summed E-state index contributed by atoms with van der Waals surface area (Å²) in [6.45, 7) is 3.86. The van der Waals surface area contributed by atoms with Crippen LogP contribution in [0.2, 0.25) is 0 Å². The highest BCUT2D eigenvalue weighted by molar-refractivity contribution is 5.92. The fourth-order valence-electron chi connectivity index (χ4n) is 2.94. The minimum atomic E-state index is -1.15. The largest absolute Gasteiger partial charge is 0.508 e. The van der Waals surface area contributed by atoms with Gasteiger partial charge in [-0.05, 0) is 36.5 Å². The van der Waals surface area contributed by atoms with Gasteiger partial charge in [0.15, 0.2) is 5.96 Å². The molecule has 178 valence electrons. The number of carboxylic acids is 1. The van der Waals surface area contributed by atoms with E-state index in [0.717, 1.165) is 0 Å². The maximum absolute atomic E-state index is 12.9. The van der Waals surface area contributed by atoms with Crippen molar-refractivity contribution >= 4 is 23.7 Å². The molecule has 0 spiro atoms. The van der Waals surface area contributed by atoms with Crippen molar-refractivity contribution in [3.63, 3.8) is 0 Å². The first-order valence-electron chi connectivity index (χ1n) is 10.5. The SMILES string of the molecule is CC[C@H](C)[C@H](NC(=O)[C@H](Cc1ccc(O)cc1)NC(=O)[C@@H](N)CCCN=C(N)N)C(=O)O. The van der Waals surface area contributed by atoms with Crippen LogP contribution in [0.25, 0.3) is 0 Å². The predicted molar refractivity (Wildman–Crippen MR) is 121 cm³/mol. The highest BCUT2D eigenvalue weighted by Gasteiger charge is 2.30. The highest BCUT2D eigenvalue weighted by atomic mass is 16.4. The number of carbonyl (C=O) groups is 3. The maximum Gasteiger partial charge on any atom is 0.326 e. The Bertz CT molecular complexity index is 794. The Hall–Kier alpha value is -3.34. The van der Waals surface area contributed by atoms with E-state index < -0.39 is 35.9 Å². The Balaban J connectivity index is 2.92. The number of benzene rings is 1. The first-order valence-corrected chi connectivity index (χ1v) is 10.5. The van der Waals surface area contributed by atoms with Crippen molar-refractivity contribution in [1.29, 1.82) is 0 Å². The second kappa shape index (κ2) is 13.2. The van der Waals surface area contributed by atoms with Crippen LogP contribution in [0.1, 0.15) is 38.7 Å². The van der Waals surface area contributed by atoms with Crippen molar-refractivity contribution in [3.8, 4) is 5.75 Å². The van der Waals surface area contributed by atoms with Crippen LogP contribution in [0.4, 0.5) is 0 Å². The van der Waals surface area contributed by atoms with Gasteiger partial charge in [-0.25, -0.2) is 4.79 Å². The lowest BCUT2D eigenvalue weighted by Gasteiger charge is -2.25. The van der Waals surface area contributed by atoms with Crippen molar-refractivity contribution in [3.05, 3.63) is 29.8 Å². The number of aliphatic imine (C=N–C) groups is 1. The summed E-state index contributed by atoms with van der Waals surface area (Å²) in [5, 5.41) is 24.1. The van der Waals surface area contributed by atoms with E-state index in [4.69, 9.17) is 17.2 Å². The average molecular weight is 451 g/mol. The van der Waals surface area contributed by atoms with Gasteiger partial charge in [-0.3, -0.25) is 14.6 Å². The number of nitrogens with one attached hydrogen (secondary N) is 2. The Morgan fingerprint density at radius 2 is 1.72 bits per heavy atom.